The summed E-state index contributed by atoms with van der Waals surface area (Å²) in [6.07, 6.45) is 5.97. The maximum Gasteiger partial charge on any atom is 0.137 e. The van der Waals surface area contributed by atoms with Crippen LogP contribution in [0.15, 0.2) is 42.5 Å². The lowest BCUT2D eigenvalue weighted by Crippen LogP contribution is -2.46. The number of rotatable bonds is 16. The number of β-amino-alcohol motifs (C(OH)–C–C–N with tert-alkyl or cyclic N) is 1. The molecule has 0 spiro atoms. The van der Waals surface area contributed by atoms with Crippen molar-refractivity contribution in [2.45, 2.75) is 70.9 Å². The quantitative estimate of drug-likeness (QED) is 0.327. The van der Waals surface area contributed by atoms with Crippen molar-refractivity contribution < 1.29 is 19.3 Å². The van der Waals surface area contributed by atoms with Gasteiger partial charge in [-0.05, 0) is 56.5 Å². The summed E-state index contributed by atoms with van der Waals surface area (Å²) in [7, 11) is 1.65. The Morgan fingerprint density at radius 1 is 1.00 bits per heavy atom. The number of nitriles is 1. The fourth-order valence-electron chi connectivity index (χ4n) is 3.66. The minimum absolute atomic E-state index is 0.0952. The van der Waals surface area contributed by atoms with Gasteiger partial charge in [0.15, 0.2) is 0 Å². The number of aliphatic hydroxyl groups excluding tert-OH is 1. The molecule has 0 heterocycles. The summed E-state index contributed by atoms with van der Waals surface area (Å²) < 4.78 is 16.7. The zero-order valence-corrected chi connectivity index (χ0v) is 21.1. The highest BCUT2D eigenvalue weighted by molar-refractivity contribution is 5.47. The molecule has 1 atom stereocenters. The van der Waals surface area contributed by atoms with Gasteiger partial charge in [-0.15, -0.1) is 0 Å². The Balaban J connectivity index is 1.77. The van der Waals surface area contributed by atoms with Crippen molar-refractivity contribution in [2.24, 2.45) is 0 Å². The second kappa shape index (κ2) is 14.5. The third-order valence-electron chi connectivity index (χ3n) is 5.64. The van der Waals surface area contributed by atoms with Crippen molar-refractivity contribution in [3.05, 3.63) is 53.6 Å². The van der Waals surface area contributed by atoms with Gasteiger partial charge >= 0.3 is 0 Å². The van der Waals surface area contributed by atoms with E-state index in [2.05, 4.69) is 32.2 Å². The maximum atomic E-state index is 10.4. The number of aliphatic hydroxyl groups is 1. The summed E-state index contributed by atoms with van der Waals surface area (Å²) in [5.41, 5.74) is 1.39. The van der Waals surface area contributed by atoms with Crippen LogP contribution in [0.2, 0.25) is 0 Å². The molecule has 34 heavy (non-hydrogen) atoms. The molecule has 0 aromatic heterocycles. The van der Waals surface area contributed by atoms with E-state index in [1.54, 1.807) is 19.2 Å². The SMILES string of the molecule is CCCCCCCOc1ccc(OCC(O)CNC(C)(C)Cc2ccc(OC)cc2)c(C#N)c1. The van der Waals surface area contributed by atoms with Crippen LogP contribution in [0.25, 0.3) is 0 Å². The van der Waals surface area contributed by atoms with Gasteiger partial charge in [-0.3, -0.25) is 0 Å². The van der Waals surface area contributed by atoms with Crippen LogP contribution in [-0.2, 0) is 6.42 Å². The average molecular weight is 469 g/mol. The Kier molecular flexibility index (Phi) is 11.7. The lowest BCUT2D eigenvalue weighted by Gasteiger charge is -2.28. The normalized spacial score (nSPS) is 12.1. The highest BCUT2D eigenvalue weighted by atomic mass is 16.5. The monoisotopic (exact) mass is 468 g/mol. The molecule has 2 rings (SSSR count). The summed E-state index contributed by atoms with van der Waals surface area (Å²) in [4.78, 5) is 0. The molecule has 1 unspecified atom stereocenters. The second-order valence-corrected chi connectivity index (χ2v) is 9.29. The van der Waals surface area contributed by atoms with Crippen molar-refractivity contribution in [1.29, 1.82) is 5.26 Å². The van der Waals surface area contributed by atoms with E-state index in [4.69, 9.17) is 14.2 Å². The average Bonchev–Trinajstić information content (AvgIpc) is 2.84. The van der Waals surface area contributed by atoms with Crippen LogP contribution in [0.3, 0.4) is 0 Å². The number of unbranched alkanes of at least 4 members (excludes halogenated alkanes) is 4. The standard InChI is InChI=1S/C28H40N2O4/c1-5-6-7-8-9-16-33-26-14-15-27(23(17-26)19-29)34-21-24(31)20-30-28(2,3)18-22-10-12-25(32-4)13-11-22/h10-15,17,24,30-31H,5-9,16,18,20-21H2,1-4H3. The molecule has 2 aromatic carbocycles. The van der Waals surface area contributed by atoms with E-state index in [0.717, 1.165) is 25.0 Å². The van der Waals surface area contributed by atoms with E-state index in [1.807, 2.05) is 30.3 Å². The Bertz CT molecular complexity index is 890. The van der Waals surface area contributed by atoms with E-state index in [-0.39, 0.29) is 12.1 Å². The lowest BCUT2D eigenvalue weighted by atomic mass is 9.94. The highest BCUT2D eigenvalue weighted by Crippen LogP contribution is 2.24. The third-order valence-corrected chi connectivity index (χ3v) is 5.64. The molecule has 0 radical (unpaired) electrons. The second-order valence-electron chi connectivity index (χ2n) is 9.29. The zero-order valence-electron chi connectivity index (χ0n) is 21.1. The van der Waals surface area contributed by atoms with Gasteiger partial charge in [-0.25, -0.2) is 0 Å². The topological polar surface area (TPSA) is 83.7 Å². The predicted octanol–water partition coefficient (Wildman–Crippen LogP) is 5.27. The van der Waals surface area contributed by atoms with Gasteiger partial charge in [0, 0.05) is 18.2 Å². The van der Waals surface area contributed by atoms with Crippen LogP contribution >= 0.6 is 0 Å². The fraction of sp³-hybridized carbons (Fsp3) is 0.536. The van der Waals surface area contributed by atoms with Gasteiger partial charge < -0.3 is 24.6 Å². The molecule has 0 saturated heterocycles. The van der Waals surface area contributed by atoms with Gasteiger partial charge in [0.05, 0.1) is 19.3 Å². The molecule has 2 N–H and O–H groups in total. The first-order valence-corrected chi connectivity index (χ1v) is 12.2. The first-order chi connectivity index (χ1) is 16.4. The summed E-state index contributed by atoms with van der Waals surface area (Å²) in [6.45, 7) is 7.51. The van der Waals surface area contributed by atoms with Gasteiger partial charge in [0.2, 0.25) is 0 Å². The lowest BCUT2D eigenvalue weighted by molar-refractivity contribution is 0.0986. The number of ether oxygens (including phenoxy) is 3. The van der Waals surface area contributed by atoms with Crippen molar-refractivity contribution in [1.82, 2.24) is 5.32 Å². The molecule has 186 valence electrons. The predicted molar refractivity (Wildman–Crippen MR) is 136 cm³/mol. The zero-order chi connectivity index (χ0) is 24.8. The largest absolute Gasteiger partial charge is 0.497 e. The van der Waals surface area contributed by atoms with Crippen LogP contribution in [0, 0.1) is 11.3 Å². The van der Waals surface area contributed by atoms with E-state index in [0.29, 0.717) is 30.2 Å². The van der Waals surface area contributed by atoms with Crippen LogP contribution in [0.5, 0.6) is 17.2 Å². The molecule has 0 bridgehead atoms. The summed E-state index contributed by atoms with van der Waals surface area (Å²) in [5.74, 6) is 1.96. The van der Waals surface area contributed by atoms with Crippen LogP contribution < -0.4 is 19.5 Å². The van der Waals surface area contributed by atoms with E-state index in [1.165, 1.54) is 24.8 Å². The van der Waals surface area contributed by atoms with Gasteiger partial charge in [-0.2, -0.15) is 5.26 Å². The summed E-state index contributed by atoms with van der Waals surface area (Å²) >= 11 is 0. The number of nitrogens with zero attached hydrogens (tertiary/aromatic N) is 1. The fourth-order valence-corrected chi connectivity index (χ4v) is 3.66. The molecular weight excluding hydrogens is 428 g/mol. The first-order valence-electron chi connectivity index (χ1n) is 12.2. The Labute approximate surface area is 204 Å². The minimum Gasteiger partial charge on any atom is -0.497 e. The van der Waals surface area contributed by atoms with E-state index < -0.39 is 6.10 Å². The van der Waals surface area contributed by atoms with Crippen molar-refractivity contribution >= 4 is 0 Å². The van der Waals surface area contributed by atoms with Gasteiger partial charge in [0.1, 0.15) is 36.0 Å². The molecule has 0 aliphatic carbocycles. The first kappa shape index (κ1) is 27.5. The Morgan fingerprint density at radius 2 is 1.71 bits per heavy atom. The van der Waals surface area contributed by atoms with Crippen LogP contribution in [0.4, 0.5) is 0 Å². The molecule has 6 nitrogen and oxygen atoms in total. The minimum atomic E-state index is -0.708. The summed E-state index contributed by atoms with van der Waals surface area (Å²) in [6, 6.07) is 15.4. The number of hydrogen-bond donors (Lipinski definition) is 2. The Hall–Kier alpha value is -2.75. The van der Waals surface area contributed by atoms with Crippen LogP contribution in [-0.4, -0.2) is 43.6 Å². The van der Waals surface area contributed by atoms with Gasteiger partial charge in [0.25, 0.3) is 0 Å². The Morgan fingerprint density at radius 3 is 2.38 bits per heavy atom. The number of hydrogen-bond acceptors (Lipinski definition) is 6. The molecule has 0 amide bonds. The third kappa shape index (κ3) is 10.0. The smallest absolute Gasteiger partial charge is 0.137 e. The van der Waals surface area contributed by atoms with E-state index in [9.17, 15) is 10.4 Å². The molecule has 2 aromatic rings. The number of methoxy groups -OCH3 is 1. The highest BCUT2D eigenvalue weighted by Gasteiger charge is 2.20. The van der Waals surface area contributed by atoms with Crippen LogP contribution in [0.1, 0.15) is 64.0 Å². The van der Waals surface area contributed by atoms with E-state index >= 15 is 0 Å². The van der Waals surface area contributed by atoms with Crippen molar-refractivity contribution in [2.75, 3.05) is 26.9 Å². The number of benzene rings is 2. The molecular formula is C28H40N2O4. The maximum absolute atomic E-state index is 10.4. The summed E-state index contributed by atoms with van der Waals surface area (Å²) in [5, 5.41) is 23.3. The molecule has 0 saturated carbocycles. The molecule has 0 aliphatic rings. The van der Waals surface area contributed by atoms with Crippen molar-refractivity contribution in [3.63, 3.8) is 0 Å². The van der Waals surface area contributed by atoms with Crippen molar-refractivity contribution in [3.8, 4) is 23.3 Å². The molecule has 6 heteroatoms. The molecule has 0 fully saturated rings. The molecule has 0 aliphatic heterocycles. The number of nitrogens with one attached hydrogen (secondary N) is 1. The van der Waals surface area contributed by atoms with Gasteiger partial charge in [-0.1, -0.05) is 44.7 Å².